The molecular weight excluding hydrogens is 272 g/mol. The van der Waals surface area contributed by atoms with E-state index in [0.717, 1.165) is 12.1 Å². The summed E-state index contributed by atoms with van der Waals surface area (Å²) in [7, 11) is -1.05. The van der Waals surface area contributed by atoms with E-state index in [0.29, 0.717) is 0 Å². The number of hydrogen-bond acceptors (Lipinski definition) is 5. The van der Waals surface area contributed by atoms with Gasteiger partial charge < -0.3 is 10.4 Å². The van der Waals surface area contributed by atoms with Crippen LogP contribution in [0.3, 0.4) is 0 Å². The summed E-state index contributed by atoms with van der Waals surface area (Å²) < 4.78 is 11.1. The number of nitro groups is 1. The van der Waals surface area contributed by atoms with Crippen LogP contribution in [0.1, 0.15) is 17.3 Å². The molecule has 0 aliphatic rings. The van der Waals surface area contributed by atoms with Crippen LogP contribution >= 0.6 is 0 Å². The number of aromatic hydroxyl groups is 1. The predicted molar refractivity (Wildman–Crippen MR) is 70.6 cm³/mol. The van der Waals surface area contributed by atoms with Gasteiger partial charge in [-0.25, -0.2) is 0 Å². The number of phenols is 1. The largest absolute Gasteiger partial charge is 0.502 e. The van der Waals surface area contributed by atoms with E-state index in [2.05, 4.69) is 5.32 Å². The van der Waals surface area contributed by atoms with Crippen LogP contribution < -0.4 is 5.32 Å². The molecule has 1 amide bonds. The molecule has 19 heavy (non-hydrogen) atoms. The Bertz CT molecular complexity index is 532. The van der Waals surface area contributed by atoms with Crippen LogP contribution in [0.4, 0.5) is 5.69 Å². The van der Waals surface area contributed by atoms with Gasteiger partial charge in [-0.3, -0.25) is 19.1 Å². The van der Waals surface area contributed by atoms with Crippen molar-refractivity contribution in [3.63, 3.8) is 0 Å². The topological polar surface area (TPSA) is 110 Å². The number of hydrogen-bond donors (Lipinski definition) is 2. The van der Waals surface area contributed by atoms with Crippen LogP contribution in [0.5, 0.6) is 5.75 Å². The van der Waals surface area contributed by atoms with Gasteiger partial charge in [0, 0.05) is 40.5 Å². The summed E-state index contributed by atoms with van der Waals surface area (Å²) >= 11 is 0. The highest BCUT2D eigenvalue weighted by Gasteiger charge is 2.16. The second kappa shape index (κ2) is 6.28. The van der Waals surface area contributed by atoms with Gasteiger partial charge in [-0.15, -0.1) is 0 Å². The zero-order valence-electron chi connectivity index (χ0n) is 10.5. The van der Waals surface area contributed by atoms with Crippen molar-refractivity contribution in [3.8, 4) is 5.75 Å². The molecule has 0 saturated heterocycles. The van der Waals surface area contributed by atoms with E-state index in [-0.39, 0.29) is 17.4 Å². The first-order valence-corrected chi connectivity index (χ1v) is 7.03. The van der Waals surface area contributed by atoms with Crippen LogP contribution in [0.25, 0.3) is 0 Å². The van der Waals surface area contributed by atoms with Gasteiger partial charge in [-0.2, -0.15) is 0 Å². The zero-order chi connectivity index (χ0) is 14.6. The lowest BCUT2D eigenvalue weighted by atomic mass is 10.2. The molecule has 0 heterocycles. The Morgan fingerprint density at radius 1 is 1.58 bits per heavy atom. The minimum Gasteiger partial charge on any atom is -0.502 e. The summed E-state index contributed by atoms with van der Waals surface area (Å²) in [6.07, 6.45) is 1.54. The summed E-state index contributed by atoms with van der Waals surface area (Å²) in [5, 5.41) is 22.3. The Kier molecular flexibility index (Phi) is 4.99. The molecule has 1 aromatic carbocycles. The summed E-state index contributed by atoms with van der Waals surface area (Å²) in [5.74, 6) is -1.05. The third kappa shape index (κ3) is 4.02. The van der Waals surface area contributed by atoms with E-state index in [1.54, 1.807) is 6.92 Å². The van der Waals surface area contributed by atoms with Gasteiger partial charge >= 0.3 is 5.69 Å². The minimum atomic E-state index is -1.05. The molecular formula is C11H14N2O5S. The van der Waals surface area contributed by atoms with E-state index in [9.17, 15) is 24.2 Å². The molecule has 104 valence electrons. The fourth-order valence-electron chi connectivity index (χ4n) is 1.27. The molecule has 0 saturated carbocycles. The van der Waals surface area contributed by atoms with E-state index >= 15 is 0 Å². The number of carbonyl (C=O) groups is 1. The average Bonchev–Trinajstić information content (AvgIpc) is 2.34. The zero-order valence-corrected chi connectivity index (χ0v) is 11.3. The summed E-state index contributed by atoms with van der Waals surface area (Å²) in [5.41, 5.74) is -0.350. The van der Waals surface area contributed by atoms with Crippen molar-refractivity contribution in [2.24, 2.45) is 0 Å². The van der Waals surface area contributed by atoms with E-state index in [1.165, 1.54) is 12.3 Å². The Hall–Kier alpha value is -1.96. The van der Waals surface area contributed by atoms with E-state index in [4.69, 9.17) is 0 Å². The van der Waals surface area contributed by atoms with Gasteiger partial charge in [0.15, 0.2) is 5.75 Å². The second-order valence-corrected chi connectivity index (χ2v) is 5.78. The van der Waals surface area contributed by atoms with Gasteiger partial charge in [0.25, 0.3) is 5.91 Å². The maximum absolute atomic E-state index is 11.7. The number of amides is 1. The highest BCUT2D eigenvalue weighted by molar-refractivity contribution is 7.84. The standard InChI is InChI=1S/C11H14N2O5S/c1-7(19(2)18)6-12-11(15)8-3-4-9(13(16)17)10(14)5-8/h3-5,7,14H,6H2,1-2H3,(H,12,15). The predicted octanol–water partition coefficient (Wildman–Crippen LogP) is 0.797. The third-order valence-corrected chi connectivity index (χ3v) is 3.85. The van der Waals surface area contributed by atoms with Crippen LogP contribution in [-0.2, 0) is 10.8 Å². The van der Waals surface area contributed by atoms with Gasteiger partial charge in [0.2, 0.25) is 0 Å². The lowest BCUT2D eigenvalue weighted by Gasteiger charge is -2.10. The molecule has 0 fully saturated rings. The van der Waals surface area contributed by atoms with E-state index < -0.39 is 33.1 Å². The smallest absolute Gasteiger partial charge is 0.310 e. The molecule has 1 aromatic rings. The molecule has 0 aliphatic carbocycles. The molecule has 0 bridgehead atoms. The van der Waals surface area contributed by atoms with Gasteiger partial charge in [-0.05, 0) is 19.1 Å². The maximum Gasteiger partial charge on any atom is 0.310 e. The fraction of sp³-hybridized carbons (Fsp3) is 0.364. The highest BCUT2D eigenvalue weighted by atomic mass is 32.2. The van der Waals surface area contributed by atoms with Gasteiger partial charge in [0.1, 0.15) is 0 Å². The summed E-state index contributed by atoms with van der Waals surface area (Å²) in [4.78, 5) is 21.5. The van der Waals surface area contributed by atoms with Gasteiger partial charge in [0.05, 0.1) is 4.92 Å². The van der Waals surface area contributed by atoms with E-state index in [1.807, 2.05) is 0 Å². The van der Waals surface area contributed by atoms with Crippen LogP contribution in [0.15, 0.2) is 18.2 Å². The van der Waals surface area contributed by atoms with Crippen molar-refractivity contribution >= 4 is 22.4 Å². The Morgan fingerprint density at radius 2 is 2.21 bits per heavy atom. The van der Waals surface area contributed by atoms with Gasteiger partial charge in [-0.1, -0.05) is 0 Å². The lowest BCUT2D eigenvalue weighted by molar-refractivity contribution is -0.385. The van der Waals surface area contributed by atoms with Crippen LogP contribution in [-0.4, -0.2) is 38.2 Å². The molecule has 0 aliphatic heterocycles. The SMILES string of the molecule is CC(CNC(=O)c1ccc([N+](=O)[O-])c(O)c1)S(C)=O. The number of phenolic OH excluding ortho intramolecular Hbond substituents is 1. The molecule has 7 nitrogen and oxygen atoms in total. The first kappa shape index (κ1) is 15.1. The summed E-state index contributed by atoms with van der Waals surface area (Å²) in [6, 6.07) is 3.34. The molecule has 1 rings (SSSR count). The Balaban J connectivity index is 2.76. The lowest BCUT2D eigenvalue weighted by Crippen LogP contribution is -2.32. The first-order valence-electron chi connectivity index (χ1n) is 5.40. The average molecular weight is 286 g/mol. The quantitative estimate of drug-likeness (QED) is 0.614. The molecule has 2 atom stereocenters. The molecule has 2 unspecified atom stereocenters. The minimum absolute atomic E-state index is 0.109. The molecule has 0 aromatic heterocycles. The number of rotatable bonds is 5. The van der Waals surface area contributed by atoms with Crippen molar-refractivity contribution in [1.29, 1.82) is 0 Å². The number of nitrogens with one attached hydrogen (secondary N) is 1. The Morgan fingerprint density at radius 3 is 2.68 bits per heavy atom. The van der Waals surface area contributed by atoms with Crippen LogP contribution in [0.2, 0.25) is 0 Å². The van der Waals surface area contributed by atoms with Crippen molar-refractivity contribution in [2.75, 3.05) is 12.8 Å². The number of carbonyl (C=O) groups excluding carboxylic acids is 1. The number of nitrogens with zero attached hydrogens (tertiary/aromatic N) is 1. The number of benzene rings is 1. The van der Waals surface area contributed by atoms with Crippen LogP contribution in [0, 0.1) is 10.1 Å². The summed E-state index contributed by atoms with van der Waals surface area (Å²) in [6.45, 7) is 1.95. The maximum atomic E-state index is 11.7. The fourth-order valence-corrected chi connectivity index (χ4v) is 1.59. The normalized spacial score (nSPS) is 13.6. The monoisotopic (exact) mass is 286 g/mol. The van der Waals surface area contributed by atoms with Crippen molar-refractivity contribution in [1.82, 2.24) is 5.32 Å². The Labute approximate surface area is 112 Å². The number of nitro benzene ring substituents is 1. The molecule has 2 N–H and O–H groups in total. The van der Waals surface area contributed by atoms with Crippen molar-refractivity contribution in [2.45, 2.75) is 12.2 Å². The first-order chi connectivity index (χ1) is 8.82. The molecule has 0 spiro atoms. The second-order valence-electron chi connectivity index (χ2n) is 3.98. The molecule has 0 radical (unpaired) electrons. The third-order valence-electron chi connectivity index (χ3n) is 2.55. The van der Waals surface area contributed by atoms with Crippen molar-refractivity contribution < 1.29 is 19.0 Å². The highest BCUT2D eigenvalue weighted by Crippen LogP contribution is 2.26. The molecule has 8 heteroatoms. The van der Waals surface area contributed by atoms with Crippen molar-refractivity contribution in [3.05, 3.63) is 33.9 Å².